The minimum atomic E-state index is -0.342. The molecule has 2 aromatic rings. The van der Waals surface area contributed by atoms with Crippen LogP contribution in [0.15, 0.2) is 53.0 Å². The highest BCUT2D eigenvalue weighted by Crippen LogP contribution is 2.21. The van der Waals surface area contributed by atoms with Gasteiger partial charge in [0.15, 0.2) is 0 Å². The van der Waals surface area contributed by atoms with Gasteiger partial charge in [-0.3, -0.25) is 4.79 Å². The summed E-state index contributed by atoms with van der Waals surface area (Å²) >= 11 is 9.24. The second-order valence-corrected chi connectivity index (χ2v) is 5.96. The number of amides is 1. The Hall–Kier alpha value is -1.36. The summed E-state index contributed by atoms with van der Waals surface area (Å²) < 4.78 is 0.667. The Morgan fingerprint density at radius 1 is 1.24 bits per heavy atom. The molecule has 1 unspecified atom stereocenters. The Morgan fingerprint density at radius 2 is 1.95 bits per heavy atom. The molecule has 0 aromatic heterocycles. The molecule has 0 aliphatic carbocycles. The van der Waals surface area contributed by atoms with Crippen LogP contribution < -0.4 is 5.32 Å². The van der Waals surface area contributed by atoms with E-state index in [9.17, 15) is 9.90 Å². The van der Waals surface area contributed by atoms with Gasteiger partial charge in [-0.25, -0.2) is 0 Å². The summed E-state index contributed by atoms with van der Waals surface area (Å²) in [6.07, 6.45) is 0.571. The fourth-order valence-electron chi connectivity index (χ4n) is 1.99. The van der Waals surface area contributed by atoms with Crippen molar-refractivity contribution < 1.29 is 9.90 Å². The largest absolute Gasteiger partial charge is 0.394 e. The summed E-state index contributed by atoms with van der Waals surface area (Å²) in [6.45, 7) is -0.126. The number of hydrogen-bond donors (Lipinski definition) is 2. The second kappa shape index (κ2) is 7.59. The summed E-state index contributed by atoms with van der Waals surface area (Å²) in [5.74, 6) is -0.264. The average molecular weight is 369 g/mol. The summed E-state index contributed by atoms with van der Waals surface area (Å²) in [6, 6.07) is 14.4. The zero-order valence-corrected chi connectivity index (χ0v) is 13.6. The lowest BCUT2D eigenvalue weighted by Gasteiger charge is -2.17. The molecular formula is C16H15BrClNO2. The molecule has 2 rings (SSSR count). The van der Waals surface area contributed by atoms with Gasteiger partial charge >= 0.3 is 0 Å². The van der Waals surface area contributed by atoms with Crippen molar-refractivity contribution in [2.75, 3.05) is 6.61 Å². The molecule has 2 aromatic carbocycles. The topological polar surface area (TPSA) is 49.3 Å². The van der Waals surface area contributed by atoms with Gasteiger partial charge in [-0.15, -0.1) is 0 Å². The zero-order valence-electron chi connectivity index (χ0n) is 11.2. The first-order valence-electron chi connectivity index (χ1n) is 6.51. The summed E-state index contributed by atoms with van der Waals surface area (Å²) in [5, 5.41) is 12.8. The van der Waals surface area contributed by atoms with Crippen molar-refractivity contribution in [2.24, 2.45) is 0 Å². The van der Waals surface area contributed by atoms with Crippen molar-refractivity contribution in [3.05, 3.63) is 69.2 Å². The predicted molar refractivity (Wildman–Crippen MR) is 87.6 cm³/mol. The molecule has 2 N–H and O–H groups in total. The summed E-state index contributed by atoms with van der Waals surface area (Å²) in [7, 11) is 0. The molecule has 0 heterocycles. The van der Waals surface area contributed by atoms with E-state index < -0.39 is 0 Å². The summed E-state index contributed by atoms with van der Waals surface area (Å²) in [4.78, 5) is 12.3. The molecule has 0 aliphatic rings. The van der Waals surface area contributed by atoms with Crippen LogP contribution in [0, 0.1) is 0 Å². The Bertz CT molecular complexity index is 619. The van der Waals surface area contributed by atoms with E-state index in [1.165, 1.54) is 0 Å². The third-order valence-corrected chi connectivity index (χ3v) is 3.98. The first-order valence-corrected chi connectivity index (χ1v) is 7.68. The van der Waals surface area contributed by atoms with Gasteiger partial charge in [-0.05, 0) is 46.1 Å². The van der Waals surface area contributed by atoms with Crippen molar-refractivity contribution >= 4 is 33.4 Å². The van der Waals surface area contributed by atoms with Crippen LogP contribution in [0.3, 0.4) is 0 Å². The molecule has 0 saturated carbocycles. The number of aliphatic hydroxyl groups is 1. The maximum absolute atomic E-state index is 12.3. The van der Waals surface area contributed by atoms with Crippen molar-refractivity contribution in [3.8, 4) is 0 Å². The molecule has 1 amide bonds. The minimum Gasteiger partial charge on any atom is -0.394 e. The minimum absolute atomic E-state index is 0.126. The lowest BCUT2D eigenvalue weighted by Crippen LogP contribution is -2.39. The molecule has 0 fully saturated rings. The number of benzene rings is 2. The Morgan fingerprint density at radius 3 is 2.62 bits per heavy atom. The highest BCUT2D eigenvalue weighted by molar-refractivity contribution is 9.10. The zero-order chi connectivity index (χ0) is 15.2. The van der Waals surface area contributed by atoms with Gasteiger partial charge in [-0.1, -0.05) is 41.9 Å². The van der Waals surface area contributed by atoms with Gasteiger partial charge in [-0.2, -0.15) is 0 Å². The van der Waals surface area contributed by atoms with Gasteiger partial charge in [0.2, 0.25) is 0 Å². The predicted octanol–water partition coefficient (Wildman–Crippen LogP) is 3.44. The molecule has 21 heavy (non-hydrogen) atoms. The fourth-order valence-corrected chi connectivity index (χ4v) is 2.59. The highest BCUT2D eigenvalue weighted by Gasteiger charge is 2.16. The molecule has 0 spiro atoms. The van der Waals surface area contributed by atoms with Gasteiger partial charge < -0.3 is 10.4 Å². The molecule has 0 bridgehead atoms. The van der Waals surface area contributed by atoms with Crippen LogP contribution in [-0.2, 0) is 6.42 Å². The normalized spacial score (nSPS) is 12.0. The molecule has 5 heteroatoms. The van der Waals surface area contributed by atoms with Gasteiger partial charge in [0, 0.05) is 9.50 Å². The number of halogens is 2. The Balaban J connectivity index is 2.07. The molecule has 0 radical (unpaired) electrons. The maximum atomic E-state index is 12.3. The van der Waals surface area contributed by atoms with Crippen LogP contribution in [0.5, 0.6) is 0 Å². The Labute approximate surface area is 137 Å². The quantitative estimate of drug-likeness (QED) is 0.849. The average Bonchev–Trinajstić information content (AvgIpc) is 2.50. The molecule has 1 atom stereocenters. The van der Waals surface area contributed by atoms with Crippen LogP contribution in [-0.4, -0.2) is 23.7 Å². The smallest absolute Gasteiger partial charge is 0.252 e. The van der Waals surface area contributed by atoms with Gasteiger partial charge in [0.25, 0.3) is 5.91 Å². The summed E-state index contributed by atoms with van der Waals surface area (Å²) in [5.41, 5.74) is 1.51. The standard InChI is InChI=1S/C16H15BrClNO2/c17-15-7-6-12(18)9-14(15)16(21)19-13(10-20)8-11-4-2-1-3-5-11/h1-7,9,13,20H,8,10H2,(H,19,21). The molecule has 3 nitrogen and oxygen atoms in total. The second-order valence-electron chi connectivity index (χ2n) is 4.67. The van der Waals surface area contributed by atoms with Crippen LogP contribution in [0.1, 0.15) is 15.9 Å². The fraction of sp³-hybridized carbons (Fsp3) is 0.188. The van der Waals surface area contributed by atoms with Gasteiger partial charge in [0.05, 0.1) is 18.2 Å². The van der Waals surface area contributed by atoms with E-state index in [1.807, 2.05) is 30.3 Å². The van der Waals surface area contributed by atoms with Crippen molar-refractivity contribution in [1.29, 1.82) is 0 Å². The van der Waals surface area contributed by atoms with E-state index in [0.717, 1.165) is 5.56 Å². The first kappa shape index (κ1) is 16.0. The van der Waals surface area contributed by atoms with Crippen molar-refractivity contribution in [2.45, 2.75) is 12.5 Å². The van der Waals surface area contributed by atoms with Crippen molar-refractivity contribution in [3.63, 3.8) is 0 Å². The third kappa shape index (κ3) is 4.56. The van der Waals surface area contributed by atoms with Crippen LogP contribution in [0.4, 0.5) is 0 Å². The van der Waals surface area contributed by atoms with Crippen molar-refractivity contribution in [1.82, 2.24) is 5.32 Å². The molecule has 110 valence electrons. The van der Waals surface area contributed by atoms with Crippen LogP contribution in [0.2, 0.25) is 5.02 Å². The molecule has 0 aliphatic heterocycles. The molecular weight excluding hydrogens is 354 g/mol. The van der Waals surface area contributed by atoms with Gasteiger partial charge in [0.1, 0.15) is 0 Å². The Kier molecular flexibility index (Phi) is 5.79. The number of carbonyl (C=O) groups excluding carboxylic acids is 1. The number of nitrogens with one attached hydrogen (secondary N) is 1. The van der Waals surface area contributed by atoms with E-state index in [0.29, 0.717) is 21.5 Å². The monoisotopic (exact) mass is 367 g/mol. The number of aliphatic hydroxyl groups excluding tert-OH is 1. The van der Waals surface area contributed by atoms with E-state index in [-0.39, 0.29) is 18.6 Å². The van der Waals surface area contributed by atoms with E-state index in [1.54, 1.807) is 18.2 Å². The number of rotatable bonds is 5. The van der Waals surface area contributed by atoms with E-state index >= 15 is 0 Å². The third-order valence-electron chi connectivity index (χ3n) is 3.05. The highest BCUT2D eigenvalue weighted by atomic mass is 79.9. The first-order chi connectivity index (χ1) is 10.1. The maximum Gasteiger partial charge on any atom is 0.252 e. The van der Waals surface area contributed by atoms with E-state index in [4.69, 9.17) is 11.6 Å². The molecule has 0 saturated heterocycles. The lowest BCUT2D eigenvalue weighted by atomic mass is 10.1. The number of hydrogen-bond acceptors (Lipinski definition) is 2. The lowest BCUT2D eigenvalue weighted by molar-refractivity contribution is 0.0915. The van der Waals surface area contributed by atoms with E-state index in [2.05, 4.69) is 21.2 Å². The number of carbonyl (C=O) groups is 1. The SMILES string of the molecule is O=C(NC(CO)Cc1ccccc1)c1cc(Cl)ccc1Br. The van der Waals surface area contributed by atoms with Crippen LogP contribution >= 0.6 is 27.5 Å². The van der Waals surface area contributed by atoms with Crippen LogP contribution in [0.25, 0.3) is 0 Å².